The zero-order valence-corrected chi connectivity index (χ0v) is 12.3. The first-order valence-electron chi connectivity index (χ1n) is 5.67. The fourth-order valence-corrected chi connectivity index (χ4v) is 3.68. The SMILES string of the molecule is COc1ccc(CNS(=O)(=O)c2ccc(C#N)s2)cc1. The Hall–Kier alpha value is -1.88. The molecular weight excluding hydrogens is 296 g/mol. The largest absolute Gasteiger partial charge is 0.497 e. The molecule has 104 valence electrons. The van der Waals surface area contributed by atoms with E-state index in [9.17, 15) is 8.42 Å². The number of ether oxygens (including phenoxy) is 1. The maximum atomic E-state index is 12.0. The molecule has 7 heteroatoms. The summed E-state index contributed by atoms with van der Waals surface area (Å²) in [7, 11) is -2.01. The number of benzene rings is 1. The lowest BCUT2D eigenvalue weighted by Crippen LogP contribution is -2.22. The third kappa shape index (κ3) is 3.36. The van der Waals surface area contributed by atoms with Crippen LogP contribution >= 0.6 is 11.3 Å². The van der Waals surface area contributed by atoms with Crippen molar-refractivity contribution in [1.29, 1.82) is 5.26 Å². The van der Waals surface area contributed by atoms with Gasteiger partial charge in [0.25, 0.3) is 0 Å². The van der Waals surface area contributed by atoms with E-state index in [1.54, 1.807) is 31.4 Å². The Bertz CT molecular complexity index is 728. The van der Waals surface area contributed by atoms with Crippen molar-refractivity contribution in [3.63, 3.8) is 0 Å². The molecule has 1 N–H and O–H groups in total. The highest BCUT2D eigenvalue weighted by atomic mass is 32.2. The lowest BCUT2D eigenvalue weighted by molar-refractivity contribution is 0.414. The van der Waals surface area contributed by atoms with E-state index in [-0.39, 0.29) is 10.8 Å². The van der Waals surface area contributed by atoms with Crippen molar-refractivity contribution in [3.05, 3.63) is 46.8 Å². The minimum absolute atomic E-state index is 0.141. The van der Waals surface area contributed by atoms with Crippen LogP contribution < -0.4 is 9.46 Å². The molecule has 0 radical (unpaired) electrons. The third-order valence-corrected chi connectivity index (χ3v) is 5.46. The smallest absolute Gasteiger partial charge is 0.250 e. The summed E-state index contributed by atoms with van der Waals surface area (Å²) < 4.78 is 31.7. The molecule has 1 aromatic heterocycles. The van der Waals surface area contributed by atoms with Gasteiger partial charge in [-0.05, 0) is 29.8 Å². The van der Waals surface area contributed by atoms with E-state index in [1.807, 2.05) is 6.07 Å². The fraction of sp³-hybridized carbons (Fsp3) is 0.154. The molecule has 0 amide bonds. The molecular formula is C13H12N2O3S2. The van der Waals surface area contributed by atoms with Crippen LogP contribution in [0.2, 0.25) is 0 Å². The number of nitriles is 1. The van der Waals surface area contributed by atoms with Crippen LogP contribution in [0.4, 0.5) is 0 Å². The molecule has 0 aliphatic heterocycles. The Kier molecular flexibility index (Phi) is 4.39. The van der Waals surface area contributed by atoms with E-state index >= 15 is 0 Å². The van der Waals surface area contributed by atoms with Gasteiger partial charge in [0.15, 0.2) is 0 Å². The van der Waals surface area contributed by atoms with Crippen LogP contribution in [0.5, 0.6) is 5.75 Å². The normalized spacial score (nSPS) is 11.0. The van der Waals surface area contributed by atoms with Crippen LogP contribution in [-0.4, -0.2) is 15.5 Å². The van der Waals surface area contributed by atoms with Gasteiger partial charge in [-0.3, -0.25) is 0 Å². The van der Waals surface area contributed by atoms with Crippen molar-refractivity contribution in [2.45, 2.75) is 10.8 Å². The second kappa shape index (κ2) is 6.05. The van der Waals surface area contributed by atoms with Crippen LogP contribution in [-0.2, 0) is 16.6 Å². The summed E-state index contributed by atoms with van der Waals surface area (Å²) in [6.45, 7) is 0.187. The van der Waals surface area contributed by atoms with Gasteiger partial charge >= 0.3 is 0 Å². The molecule has 2 rings (SSSR count). The van der Waals surface area contributed by atoms with Crippen molar-refractivity contribution < 1.29 is 13.2 Å². The Morgan fingerprint density at radius 1 is 1.25 bits per heavy atom. The summed E-state index contributed by atoms with van der Waals surface area (Å²) in [6.07, 6.45) is 0. The number of hydrogen-bond donors (Lipinski definition) is 1. The zero-order chi connectivity index (χ0) is 14.6. The van der Waals surface area contributed by atoms with Crippen molar-refractivity contribution >= 4 is 21.4 Å². The number of nitrogens with zero attached hydrogens (tertiary/aromatic N) is 1. The predicted molar refractivity (Wildman–Crippen MR) is 76.1 cm³/mol. The molecule has 1 heterocycles. The minimum Gasteiger partial charge on any atom is -0.497 e. The first-order chi connectivity index (χ1) is 9.55. The van der Waals surface area contributed by atoms with E-state index in [1.165, 1.54) is 12.1 Å². The second-order valence-electron chi connectivity index (χ2n) is 3.90. The van der Waals surface area contributed by atoms with Gasteiger partial charge in [-0.1, -0.05) is 12.1 Å². The number of hydrogen-bond acceptors (Lipinski definition) is 5. The third-order valence-electron chi connectivity index (χ3n) is 2.58. The minimum atomic E-state index is -3.58. The monoisotopic (exact) mass is 308 g/mol. The maximum Gasteiger partial charge on any atom is 0.250 e. The summed E-state index contributed by atoms with van der Waals surface area (Å²) in [5.74, 6) is 0.716. The van der Waals surface area contributed by atoms with Crippen molar-refractivity contribution in [2.75, 3.05) is 7.11 Å². The highest BCUT2D eigenvalue weighted by Crippen LogP contribution is 2.21. The molecule has 0 saturated heterocycles. The molecule has 0 aliphatic carbocycles. The first kappa shape index (κ1) is 14.5. The molecule has 0 aliphatic rings. The van der Waals surface area contributed by atoms with E-state index in [4.69, 9.17) is 10.00 Å². The summed E-state index contributed by atoms with van der Waals surface area (Å²) >= 11 is 0.949. The molecule has 20 heavy (non-hydrogen) atoms. The van der Waals surface area contributed by atoms with Gasteiger partial charge in [-0.2, -0.15) is 5.26 Å². The van der Waals surface area contributed by atoms with Gasteiger partial charge in [-0.25, -0.2) is 13.1 Å². The summed E-state index contributed by atoms with van der Waals surface area (Å²) in [5, 5.41) is 8.71. The average molecular weight is 308 g/mol. The maximum absolute atomic E-state index is 12.0. The van der Waals surface area contributed by atoms with Gasteiger partial charge in [0, 0.05) is 6.54 Å². The lowest BCUT2D eigenvalue weighted by Gasteiger charge is -2.05. The Morgan fingerprint density at radius 2 is 1.95 bits per heavy atom. The molecule has 0 spiro atoms. The Morgan fingerprint density at radius 3 is 2.50 bits per heavy atom. The molecule has 0 atom stereocenters. The number of thiophene rings is 1. The van der Waals surface area contributed by atoms with Gasteiger partial charge in [0.2, 0.25) is 10.0 Å². The van der Waals surface area contributed by atoms with E-state index in [0.717, 1.165) is 16.9 Å². The van der Waals surface area contributed by atoms with Crippen LogP contribution in [0, 0.1) is 11.3 Å². The zero-order valence-electron chi connectivity index (χ0n) is 10.7. The fourth-order valence-electron chi connectivity index (χ4n) is 1.52. The molecule has 0 fully saturated rings. The predicted octanol–water partition coefficient (Wildman–Crippen LogP) is 2.11. The number of sulfonamides is 1. The van der Waals surface area contributed by atoms with E-state index in [2.05, 4.69) is 4.72 Å². The Balaban J connectivity index is 2.07. The standard InChI is InChI=1S/C13H12N2O3S2/c1-18-11-4-2-10(3-5-11)9-15-20(16,17)13-7-6-12(8-14)19-13/h2-7,15H,9H2,1H3. The molecule has 1 aromatic carbocycles. The topological polar surface area (TPSA) is 79.2 Å². The summed E-state index contributed by atoms with van der Waals surface area (Å²) in [5.41, 5.74) is 0.825. The summed E-state index contributed by atoms with van der Waals surface area (Å²) in [4.78, 5) is 0.370. The van der Waals surface area contributed by atoms with Crippen LogP contribution in [0.25, 0.3) is 0 Å². The van der Waals surface area contributed by atoms with Crippen molar-refractivity contribution in [2.24, 2.45) is 0 Å². The van der Waals surface area contributed by atoms with Crippen LogP contribution in [0.15, 0.2) is 40.6 Å². The molecule has 0 saturated carbocycles. The Labute approximate surface area is 121 Å². The first-order valence-corrected chi connectivity index (χ1v) is 7.97. The van der Waals surface area contributed by atoms with Gasteiger partial charge in [0.05, 0.1) is 7.11 Å². The van der Waals surface area contributed by atoms with Gasteiger partial charge in [0.1, 0.15) is 20.9 Å². The molecule has 2 aromatic rings. The van der Waals surface area contributed by atoms with E-state index in [0.29, 0.717) is 10.6 Å². The van der Waals surface area contributed by atoms with Crippen molar-refractivity contribution in [3.8, 4) is 11.8 Å². The number of rotatable bonds is 5. The second-order valence-corrected chi connectivity index (χ2v) is 6.98. The van der Waals surface area contributed by atoms with Crippen LogP contribution in [0.1, 0.15) is 10.4 Å². The van der Waals surface area contributed by atoms with Crippen molar-refractivity contribution in [1.82, 2.24) is 4.72 Å². The average Bonchev–Trinajstić information content (AvgIpc) is 2.95. The number of nitrogens with one attached hydrogen (secondary N) is 1. The highest BCUT2D eigenvalue weighted by molar-refractivity contribution is 7.91. The van der Waals surface area contributed by atoms with Crippen LogP contribution in [0.3, 0.4) is 0 Å². The number of methoxy groups -OCH3 is 1. The van der Waals surface area contributed by atoms with E-state index < -0.39 is 10.0 Å². The molecule has 0 bridgehead atoms. The van der Waals surface area contributed by atoms with Gasteiger partial charge in [-0.15, -0.1) is 11.3 Å². The highest BCUT2D eigenvalue weighted by Gasteiger charge is 2.16. The molecule has 0 unspecified atom stereocenters. The quantitative estimate of drug-likeness (QED) is 0.917. The summed E-state index contributed by atoms with van der Waals surface area (Å²) in [6, 6.07) is 12.0. The molecule has 5 nitrogen and oxygen atoms in total. The lowest BCUT2D eigenvalue weighted by atomic mass is 10.2. The van der Waals surface area contributed by atoms with Gasteiger partial charge < -0.3 is 4.74 Å².